The summed E-state index contributed by atoms with van der Waals surface area (Å²) in [5.41, 5.74) is 1.82. The molecular formula is C21H17N3O3S. The number of anilines is 2. The van der Waals surface area contributed by atoms with Crippen LogP contribution in [0.15, 0.2) is 76.8 Å². The van der Waals surface area contributed by atoms with E-state index < -0.39 is 0 Å². The Morgan fingerprint density at radius 1 is 1.14 bits per heavy atom. The molecule has 0 saturated carbocycles. The molecule has 0 atom stereocenters. The summed E-state index contributed by atoms with van der Waals surface area (Å²) in [4.78, 5) is 31.8. The van der Waals surface area contributed by atoms with Crippen molar-refractivity contribution in [2.75, 3.05) is 23.9 Å². The van der Waals surface area contributed by atoms with Gasteiger partial charge in [0.15, 0.2) is 6.61 Å². The normalized spacial score (nSPS) is 12.6. The van der Waals surface area contributed by atoms with Gasteiger partial charge in [-0.05, 0) is 42.5 Å². The first-order chi connectivity index (χ1) is 13.6. The van der Waals surface area contributed by atoms with E-state index in [0.717, 1.165) is 15.6 Å². The number of para-hydroxylation sites is 1. The van der Waals surface area contributed by atoms with Gasteiger partial charge in [0, 0.05) is 23.8 Å². The second-order valence-electron chi connectivity index (χ2n) is 6.15. The first-order valence-corrected chi connectivity index (χ1v) is 9.46. The smallest absolute Gasteiger partial charge is 0.262 e. The molecule has 0 saturated heterocycles. The van der Waals surface area contributed by atoms with E-state index in [9.17, 15) is 9.59 Å². The van der Waals surface area contributed by atoms with E-state index in [2.05, 4.69) is 10.3 Å². The van der Waals surface area contributed by atoms with Crippen LogP contribution in [0.3, 0.4) is 0 Å². The van der Waals surface area contributed by atoms with Crippen molar-refractivity contribution < 1.29 is 14.3 Å². The van der Waals surface area contributed by atoms with Crippen molar-refractivity contribution in [3.05, 3.63) is 72.4 Å². The van der Waals surface area contributed by atoms with Gasteiger partial charge in [0.05, 0.1) is 11.3 Å². The van der Waals surface area contributed by atoms with Crippen LogP contribution in [0.2, 0.25) is 0 Å². The van der Waals surface area contributed by atoms with E-state index >= 15 is 0 Å². The summed E-state index contributed by atoms with van der Waals surface area (Å²) in [6.45, 7) is -0.112. The van der Waals surface area contributed by atoms with Gasteiger partial charge in [-0.25, -0.2) is 4.98 Å². The van der Waals surface area contributed by atoms with Crippen molar-refractivity contribution >= 4 is 35.0 Å². The molecular weight excluding hydrogens is 374 g/mol. The number of carbonyl (C=O) groups excluding carboxylic acids is 2. The minimum Gasteiger partial charge on any atom is -0.484 e. The van der Waals surface area contributed by atoms with E-state index in [-0.39, 0.29) is 18.4 Å². The van der Waals surface area contributed by atoms with Crippen molar-refractivity contribution in [2.24, 2.45) is 0 Å². The Morgan fingerprint density at radius 3 is 2.79 bits per heavy atom. The Balaban J connectivity index is 1.51. The molecule has 3 aromatic rings. The number of nitrogens with one attached hydrogen (secondary N) is 1. The van der Waals surface area contributed by atoms with Gasteiger partial charge < -0.3 is 15.0 Å². The van der Waals surface area contributed by atoms with Crippen molar-refractivity contribution in [3.8, 4) is 5.75 Å². The Hall–Kier alpha value is -3.32. The average molecular weight is 391 g/mol. The first kappa shape index (κ1) is 18.1. The summed E-state index contributed by atoms with van der Waals surface area (Å²) in [7, 11) is 1.72. The van der Waals surface area contributed by atoms with Crippen LogP contribution >= 0.6 is 11.8 Å². The quantitative estimate of drug-likeness (QED) is 0.732. The van der Waals surface area contributed by atoms with E-state index in [0.29, 0.717) is 17.0 Å². The van der Waals surface area contributed by atoms with Crippen LogP contribution in [0.1, 0.15) is 10.4 Å². The second kappa shape index (κ2) is 7.74. The molecule has 6 nitrogen and oxygen atoms in total. The molecule has 1 N–H and O–H groups in total. The second-order valence-corrected chi connectivity index (χ2v) is 7.19. The van der Waals surface area contributed by atoms with Gasteiger partial charge in [-0.1, -0.05) is 30.0 Å². The van der Waals surface area contributed by atoms with Crippen molar-refractivity contribution in [1.82, 2.24) is 4.98 Å². The highest BCUT2D eigenvalue weighted by molar-refractivity contribution is 7.99. The fraction of sp³-hybridized carbons (Fsp3) is 0.0952. The van der Waals surface area contributed by atoms with E-state index in [1.54, 1.807) is 48.5 Å². The number of rotatable bonds is 4. The van der Waals surface area contributed by atoms with Gasteiger partial charge in [0.1, 0.15) is 10.8 Å². The number of ether oxygens (including phenoxy) is 1. The van der Waals surface area contributed by atoms with Crippen LogP contribution in [0.25, 0.3) is 0 Å². The maximum Gasteiger partial charge on any atom is 0.262 e. The van der Waals surface area contributed by atoms with Gasteiger partial charge in [0.2, 0.25) is 0 Å². The molecule has 0 unspecified atom stereocenters. The molecule has 4 rings (SSSR count). The van der Waals surface area contributed by atoms with Gasteiger partial charge in [-0.15, -0.1) is 0 Å². The lowest BCUT2D eigenvalue weighted by Crippen LogP contribution is -2.26. The molecule has 1 aromatic heterocycles. The highest BCUT2D eigenvalue weighted by Crippen LogP contribution is 2.40. The maximum absolute atomic E-state index is 12.9. The number of nitrogens with zero attached hydrogens (tertiary/aromatic N) is 2. The first-order valence-electron chi connectivity index (χ1n) is 8.64. The van der Waals surface area contributed by atoms with Crippen LogP contribution in [0.4, 0.5) is 11.4 Å². The fourth-order valence-corrected chi connectivity index (χ4v) is 3.86. The fourth-order valence-electron chi connectivity index (χ4n) is 2.84. The summed E-state index contributed by atoms with van der Waals surface area (Å²) >= 11 is 1.43. The third-order valence-corrected chi connectivity index (χ3v) is 5.31. The van der Waals surface area contributed by atoms with Crippen LogP contribution in [-0.2, 0) is 4.79 Å². The molecule has 0 spiro atoms. The molecule has 7 heteroatoms. The van der Waals surface area contributed by atoms with Crippen LogP contribution in [0, 0.1) is 0 Å². The van der Waals surface area contributed by atoms with Crippen LogP contribution in [0.5, 0.6) is 5.75 Å². The Bertz CT molecular complexity index is 1040. The van der Waals surface area contributed by atoms with Crippen LogP contribution in [-0.4, -0.2) is 30.5 Å². The highest BCUT2D eigenvalue weighted by atomic mass is 32.2. The van der Waals surface area contributed by atoms with Gasteiger partial charge >= 0.3 is 0 Å². The van der Waals surface area contributed by atoms with Gasteiger partial charge in [-0.3, -0.25) is 9.59 Å². The molecule has 0 bridgehead atoms. The molecule has 2 heterocycles. The summed E-state index contributed by atoms with van der Waals surface area (Å²) in [6.07, 6.45) is 1.70. The summed E-state index contributed by atoms with van der Waals surface area (Å²) in [5, 5.41) is 3.55. The molecule has 1 aliphatic heterocycles. The largest absolute Gasteiger partial charge is 0.484 e. The monoisotopic (exact) mass is 391 g/mol. The zero-order valence-corrected chi connectivity index (χ0v) is 15.9. The number of amides is 2. The number of carbonyl (C=O) groups is 2. The molecule has 0 radical (unpaired) electrons. The molecule has 2 amide bonds. The molecule has 1 aliphatic rings. The minimum atomic E-state index is -0.296. The third kappa shape index (κ3) is 3.70. The van der Waals surface area contributed by atoms with Crippen molar-refractivity contribution in [2.45, 2.75) is 9.92 Å². The Morgan fingerprint density at radius 2 is 1.96 bits per heavy atom. The minimum absolute atomic E-state index is 0.112. The summed E-state index contributed by atoms with van der Waals surface area (Å²) in [6, 6.07) is 18.1. The van der Waals surface area contributed by atoms with Crippen molar-refractivity contribution in [3.63, 3.8) is 0 Å². The zero-order chi connectivity index (χ0) is 19.5. The molecule has 0 aliphatic carbocycles. The van der Waals surface area contributed by atoms with Crippen LogP contribution < -0.4 is 15.0 Å². The lowest BCUT2D eigenvalue weighted by molar-refractivity contribution is -0.118. The average Bonchev–Trinajstić information content (AvgIpc) is 2.83. The number of hydrogen-bond donors (Lipinski definition) is 1. The van der Waals surface area contributed by atoms with E-state index in [1.165, 1.54) is 11.8 Å². The standard InChI is InChI=1S/C21H17N3O3S/c1-24-17-8-5-11-22-20(17)28-18-10-9-14(12-16(18)21(24)26)23-19(25)13-27-15-6-3-2-4-7-15/h2-12H,13H2,1H3,(H,23,25). The summed E-state index contributed by atoms with van der Waals surface area (Å²) in [5.74, 6) is 0.180. The number of hydrogen-bond acceptors (Lipinski definition) is 5. The molecule has 140 valence electrons. The molecule has 28 heavy (non-hydrogen) atoms. The number of fused-ring (bicyclic) bond motifs is 2. The highest BCUT2D eigenvalue weighted by Gasteiger charge is 2.25. The number of aromatic nitrogens is 1. The van der Waals surface area contributed by atoms with Gasteiger partial charge in [-0.2, -0.15) is 0 Å². The predicted molar refractivity (Wildman–Crippen MR) is 108 cm³/mol. The zero-order valence-electron chi connectivity index (χ0n) is 15.1. The van der Waals surface area contributed by atoms with Gasteiger partial charge in [0.25, 0.3) is 11.8 Å². The Labute approximate surface area is 166 Å². The topological polar surface area (TPSA) is 71.5 Å². The number of pyridine rings is 1. The third-order valence-electron chi connectivity index (χ3n) is 4.23. The molecule has 0 fully saturated rings. The van der Waals surface area contributed by atoms with Crippen molar-refractivity contribution in [1.29, 1.82) is 0 Å². The lowest BCUT2D eigenvalue weighted by Gasteiger charge is -2.16. The maximum atomic E-state index is 12.9. The predicted octanol–water partition coefficient (Wildman–Crippen LogP) is 3.84. The Kier molecular flexibility index (Phi) is 4.99. The SMILES string of the molecule is CN1C(=O)c2cc(NC(=O)COc3ccccc3)ccc2Sc2ncccc21. The number of benzene rings is 2. The lowest BCUT2D eigenvalue weighted by atomic mass is 10.1. The summed E-state index contributed by atoms with van der Waals surface area (Å²) < 4.78 is 5.45. The van der Waals surface area contributed by atoms with E-state index in [4.69, 9.17) is 4.74 Å². The van der Waals surface area contributed by atoms with E-state index in [1.807, 2.05) is 30.3 Å². The molecule has 2 aromatic carbocycles.